The van der Waals surface area contributed by atoms with Gasteiger partial charge in [0.25, 0.3) is 0 Å². The van der Waals surface area contributed by atoms with Crippen LogP contribution in [0.25, 0.3) is 0 Å². The Labute approximate surface area is 129 Å². The Morgan fingerprint density at radius 3 is 2.57 bits per heavy atom. The first kappa shape index (κ1) is 17.8. The Balaban J connectivity index is 2.64. The number of hydrogen-bond acceptors (Lipinski definition) is 4. The number of hydrogen-bond donors (Lipinski definition) is 2. The third-order valence-corrected chi connectivity index (χ3v) is 3.50. The molecular weight excluding hydrogens is 264 g/mol. The van der Waals surface area contributed by atoms with Crippen LogP contribution in [0.4, 0.5) is 5.69 Å². The molecule has 0 saturated heterocycles. The Morgan fingerprint density at radius 1 is 1.29 bits per heavy atom. The molecule has 21 heavy (non-hydrogen) atoms. The van der Waals surface area contributed by atoms with Crippen LogP contribution in [-0.2, 0) is 4.74 Å². The summed E-state index contributed by atoms with van der Waals surface area (Å²) in [5, 5.41) is 13.6. The number of benzene rings is 1. The van der Waals surface area contributed by atoms with Gasteiger partial charge in [0, 0.05) is 37.0 Å². The first-order chi connectivity index (χ1) is 9.95. The maximum Gasteiger partial charge on any atom is 0.122 e. The van der Waals surface area contributed by atoms with E-state index in [2.05, 4.69) is 30.1 Å². The molecule has 0 aliphatic heterocycles. The molecule has 0 amide bonds. The van der Waals surface area contributed by atoms with Crippen LogP contribution in [0.15, 0.2) is 18.2 Å². The van der Waals surface area contributed by atoms with E-state index in [1.807, 2.05) is 33.0 Å². The quantitative estimate of drug-likeness (QED) is 0.733. The van der Waals surface area contributed by atoms with Crippen LogP contribution < -0.4 is 10.2 Å². The van der Waals surface area contributed by atoms with Crippen molar-refractivity contribution in [3.63, 3.8) is 0 Å². The minimum absolute atomic E-state index is 0.161. The van der Waals surface area contributed by atoms with Crippen molar-refractivity contribution < 1.29 is 9.84 Å². The summed E-state index contributed by atoms with van der Waals surface area (Å²) in [6.07, 6.45) is 1.33. The van der Waals surface area contributed by atoms with E-state index in [-0.39, 0.29) is 12.1 Å². The van der Waals surface area contributed by atoms with Gasteiger partial charge in [-0.2, -0.15) is 0 Å². The first-order valence-electron chi connectivity index (χ1n) is 7.84. The molecule has 1 rings (SSSR count). The fourth-order valence-corrected chi connectivity index (χ4v) is 2.16. The molecule has 1 aromatic carbocycles. The lowest BCUT2D eigenvalue weighted by Gasteiger charge is -2.22. The van der Waals surface area contributed by atoms with E-state index >= 15 is 0 Å². The standard InChI is InChI=1S/C17H30N2O2/c1-6-9-18-14(4)16-8-7-15(12-17(16)20)19(5)10-11-21-13(2)3/h7-8,12-14,18,20H,6,9-11H2,1-5H3. The predicted octanol–water partition coefficient (Wildman–Crippen LogP) is 3.31. The van der Waals surface area contributed by atoms with E-state index in [4.69, 9.17) is 4.74 Å². The molecule has 1 unspecified atom stereocenters. The van der Waals surface area contributed by atoms with Gasteiger partial charge in [0.15, 0.2) is 0 Å². The summed E-state index contributed by atoms with van der Waals surface area (Å²) in [7, 11) is 2.01. The molecule has 2 N–H and O–H groups in total. The van der Waals surface area contributed by atoms with Crippen molar-refractivity contribution in [3.05, 3.63) is 23.8 Å². The summed E-state index contributed by atoms with van der Waals surface area (Å²) in [5.74, 6) is 0.347. The molecule has 0 heterocycles. The minimum atomic E-state index is 0.161. The van der Waals surface area contributed by atoms with Crippen LogP contribution in [0.5, 0.6) is 5.75 Å². The monoisotopic (exact) mass is 294 g/mol. The number of nitrogens with zero attached hydrogens (tertiary/aromatic N) is 1. The molecule has 0 bridgehead atoms. The molecule has 0 saturated carbocycles. The van der Waals surface area contributed by atoms with Gasteiger partial charge in [-0.1, -0.05) is 13.0 Å². The second kappa shape index (κ2) is 8.90. The average molecular weight is 294 g/mol. The molecule has 0 radical (unpaired) electrons. The molecule has 0 spiro atoms. The van der Waals surface area contributed by atoms with E-state index in [1.165, 1.54) is 0 Å². The number of anilines is 1. The van der Waals surface area contributed by atoms with Crippen molar-refractivity contribution in [3.8, 4) is 5.75 Å². The van der Waals surface area contributed by atoms with E-state index in [0.29, 0.717) is 12.4 Å². The van der Waals surface area contributed by atoms with E-state index < -0.39 is 0 Å². The van der Waals surface area contributed by atoms with Gasteiger partial charge < -0.3 is 20.1 Å². The normalized spacial score (nSPS) is 12.7. The van der Waals surface area contributed by atoms with Crippen LogP contribution in [0, 0.1) is 0 Å². The second-order valence-electron chi connectivity index (χ2n) is 5.76. The van der Waals surface area contributed by atoms with Crippen LogP contribution in [0.2, 0.25) is 0 Å². The number of phenols is 1. The zero-order valence-corrected chi connectivity index (χ0v) is 14.0. The number of nitrogens with one attached hydrogen (secondary N) is 1. The van der Waals surface area contributed by atoms with E-state index in [9.17, 15) is 5.11 Å². The molecule has 4 heteroatoms. The zero-order chi connectivity index (χ0) is 15.8. The highest BCUT2D eigenvalue weighted by Gasteiger charge is 2.11. The number of aromatic hydroxyl groups is 1. The third-order valence-electron chi connectivity index (χ3n) is 3.50. The van der Waals surface area contributed by atoms with Gasteiger partial charge in [0.2, 0.25) is 0 Å². The lowest BCUT2D eigenvalue weighted by atomic mass is 10.1. The van der Waals surface area contributed by atoms with Crippen molar-refractivity contribution in [2.24, 2.45) is 0 Å². The topological polar surface area (TPSA) is 44.7 Å². The summed E-state index contributed by atoms with van der Waals surface area (Å²) in [4.78, 5) is 2.09. The van der Waals surface area contributed by atoms with Gasteiger partial charge in [-0.15, -0.1) is 0 Å². The number of likely N-dealkylation sites (N-methyl/N-ethyl adjacent to an activating group) is 1. The van der Waals surface area contributed by atoms with Crippen LogP contribution in [0.1, 0.15) is 45.7 Å². The number of ether oxygens (including phenoxy) is 1. The molecular formula is C17H30N2O2. The largest absolute Gasteiger partial charge is 0.508 e. The molecule has 120 valence electrons. The van der Waals surface area contributed by atoms with Crippen molar-refractivity contribution in [1.82, 2.24) is 5.32 Å². The van der Waals surface area contributed by atoms with Gasteiger partial charge in [0.1, 0.15) is 5.75 Å². The van der Waals surface area contributed by atoms with Crippen molar-refractivity contribution in [2.75, 3.05) is 31.6 Å². The lowest BCUT2D eigenvalue weighted by molar-refractivity contribution is 0.0846. The maximum absolute atomic E-state index is 10.2. The number of phenolic OH excluding ortho intramolecular Hbond substituents is 1. The molecule has 1 atom stereocenters. The highest BCUT2D eigenvalue weighted by Crippen LogP contribution is 2.28. The summed E-state index contributed by atoms with van der Waals surface area (Å²) in [6.45, 7) is 10.7. The third kappa shape index (κ3) is 5.94. The molecule has 0 aliphatic carbocycles. The molecule has 0 aliphatic rings. The second-order valence-corrected chi connectivity index (χ2v) is 5.76. The van der Waals surface area contributed by atoms with Gasteiger partial charge in [-0.3, -0.25) is 0 Å². The van der Waals surface area contributed by atoms with E-state index in [1.54, 1.807) is 0 Å². The SMILES string of the molecule is CCCNC(C)c1ccc(N(C)CCOC(C)C)cc1O. The summed E-state index contributed by atoms with van der Waals surface area (Å²) in [5.41, 5.74) is 1.95. The average Bonchev–Trinajstić information content (AvgIpc) is 2.44. The Kier molecular flexibility index (Phi) is 7.54. The maximum atomic E-state index is 10.2. The number of rotatable bonds is 9. The summed E-state index contributed by atoms with van der Waals surface area (Å²) >= 11 is 0. The van der Waals surface area contributed by atoms with Crippen LogP contribution in [-0.4, -0.2) is 38.0 Å². The predicted molar refractivity (Wildman–Crippen MR) is 89.2 cm³/mol. The fraction of sp³-hybridized carbons (Fsp3) is 0.647. The van der Waals surface area contributed by atoms with Crippen molar-refractivity contribution in [1.29, 1.82) is 0 Å². The minimum Gasteiger partial charge on any atom is -0.508 e. The Morgan fingerprint density at radius 2 is 2.00 bits per heavy atom. The zero-order valence-electron chi connectivity index (χ0n) is 14.0. The van der Waals surface area contributed by atoms with Crippen LogP contribution in [0.3, 0.4) is 0 Å². The Bertz CT molecular complexity index is 421. The molecule has 4 nitrogen and oxygen atoms in total. The van der Waals surface area contributed by atoms with Crippen molar-refractivity contribution >= 4 is 5.69 Å². The highest BCUT2D eigenvalue weighted by atomic mass is 16.5. The highest BCUT2D eigenvalue weighted by molar-refractivity contribution is 5.53. The molecule has 0 aromatic heterocycles. The van der Waals surface area contributed by atoms with Crippen molar-refractivity contribution in [2.45, 2.75) is 46.3 Å². The summed E-state index contributed by atoms with van der Waals surface area (Å²) in [6, 6.07) is 6.04. The molecule has 1 aromatic rings. The van der Waals surface area contributed by atoms with Gasteiger partial charge in [-0.25, -0.2) is 0 Å². The summed E-state index contributed by atoms with van der Waals surface area (Å²) < 4.78 is 5.56. The Hall–Kier alpha value is -1.26. The van der Waals surface area contributed by atoms with Crippen LogP contribution >= 0.6 is 0 Å². The smallest absolute Gasteiger partial charge is 0.122 e. The fourth-order valence-electron chi connectivity index (χ4n) is 2.16. The lowest BCUT2D eigenvalue weighted by Crippen LogP contribution is -2.24. The first-order valence-corrected chi connectivity index (χ1v) is 7.84. The van der Waals surface area contributed by atoms with E-state index in [0.717, 1.165) is 30.8 Å². The van der Waals surface area contributed by atoms with Gasteiger partial charge in [-0.05, 0) is 39.8 Å². The van der Waals surface area contributed by atoms with Gasteiger partial charge >= 0.3 is 0 Å². The molecule has 0 fully saturated rings. The van der Waals surface area contributed by atoms with Gasteiger partial charge in [0.05, 0.1) is 12.7 Å².